The molecule has 1 heterocycles. The van der Waals surface area contributed by atoms with Crippen molar-refractivity contribution >= 4 is 13.4 Å². The van der Waals surface area contributed by atoms with E-state index >= 15 is 0 Å². The predicted octanol–water partition coefficient (Wildman–Crippen LogP) is -0.574. The first-order valence-corrected chi connectivity index (χ1v) is 3.51. The van der Waals surface area contributed by atoms with Crippen molar-refractivity contribution in [1.29, 1.82) is 0 Å². The van der Waals surface area contributed by atoms with Crippen LogP contribution in [0.3, 0.4) is 0 Å². The molecule has 54 valence electrons. The monoisotopic (exact) mass is 137 g/mol. The van der Waals surface area contributed by atoms with E-state index in [0.717, 1.165) is 11.3 Å². The molecule has 0 saturated carbocycles. The van der Waals surface area contributed by atoms with Crippen molar-refractivity contribution in [1.82, 2.24) is 15.0 Å². The number of aromatic nitrogens is 3. The topological polar surface area (TPSA) is 30.7 Å². The Balaban J connectivity index is 3.05. The standard InChI is InChI=1S/C6H12BN3/c1-4(2)10-6(7)5(3)8-9-10/h4H,7H2,1-3H3. The molecular weight excluding hydrogens is 125 g/mol. The van der Waals surface area contributed by atoms with Crippen molar-refractivity contribution in [2.24, 2.45) is 0 Å². The molecule has 0 unspecified atom stereocenters. The highest BCUT2D eigenvalue weighted by atomic mass is 15.4. The van der Waals surface area contributed by atoms with Gasteiger partial charge >= 0.3 is 0 Å². The van der Waals surface area contributed by atoms with Crippen LogP contribution >= 0.6 is 0 Å². The lowest BCUT2D eigenvalue weighted by Crippen LogP contribution is -2.21. The summed E-state index contributed by atoms with van der Waals surface area (Å²) < 4.78 is 1.93. The molecule has 0 atom stereocenters. The van der Waals surface area contributed by atoms with Gasteiger partial charge in [-0.25, -0.2) is 0 Å². The Bertz CT molecular complexity index is 229. The molecule has 0 aliphatic rings. The van der Waals surface area contributed by atoms with Gasteiger partial charge in [0, 0.05) is 11.6 Å². The highest BCUT2D eigenvalue weighted by molar-refractivity contribution is 6.31. The van der Waals surface area contributed by atoms with Crippen LogP contribution in [0.1, 0.15) is 25.6 Å². The highest BCUT2D eigenvalue weighted by Gasteiger charge is 2.05. The zero-order valence-electron chi connectivity index (χ0n) is 6.92. The number of aryl methyl sites for hydroxylation is 1. The summed E-state index contributed by atoms with van der Waals surface area (Å²) in [6.45, 7) is 6.17. The Labute approximate surface area is 61.8 Å². The molecule has 0 aliphatic carbocycles. The van der Waals surface area contributed by atoms with Gasteiger partial charge in [0.1, 0.15) is 0 Å². The minimum Gasteiger partial charge on any atom is -0.257 e. The molecule has 0 radical (unpaired) electrons. The van der Waals surface area contributed by atoms with Crippen LogP contribution in [0.5, 0.6) is 0 Å². The Morgan fingerprint density at radius 1 is 1.50 bits per heavy atom. The molecule has 0 bridgehead atoms. The summed E-state index contributed by atoms with van der Waals surface area (Å²) in [6.07, 6.45) is 0. The molecule has 0 aromatic carbocycles. The second-order valence-corrected chi connectivity index (χ2v) is 2.80. The van der Waals surface area contributed by atoms with Gasteiger partial charge in [-0.1, -0.05) is 5.21 Å². The minimum atomic E-state index is 0.418. The molecule has 0 amide bonds. The third-order valence-electron chi connectivity index (χ3n) is 1.65. The van der Waals surface area contributed by atoms with Gasteiger partial charge in [0.2, 0.25) is 0 Å². The van der Waals surface area contributed by atoms with E-state index < -0.39 is 0 Å². The molecule has 0 spiro atoms. The molecule has 0 aliphatic heterocycles. The largest absolute Gasteiger partial charge is 0.257 e. The minimum absolute atomic E-state index is 0.418. The van der Waals surface area contributed by atoms with Gasteiger partial charge in [-0.05, 0) is 20.8 Å². The predicted molar refractivity (Wildman–Crippen MR) is 43.3 cm³/mol. The lowest BCUT2D eigenvalue weighted by Gasteiger charge is -2.05. The maximum absolute atomic E-state index is 3.98. The summed E-state index contributed by atoms with van der Waals surface area (Å²) in [5.74, 6) is 0. The van der Waals surface area contributed by atoms with Crippen LogP contribution in [0.25, 0.3) is 0 Å². The molecule has 10 heavy (non-hydrogen) atoms. The summed E-state index contributed by atoms with van der Waals surface area (Å²) in [5, 5.41) is 7.93. The van der Waals surface area contributed by atoms with E-state index in [1.807, 2.05) is 19.5 Å². The number of hydrogen-bond acceptors (Lipinski definition) is 2. The molecular formula is C6H12BN3. The lowest BCUT2D eigenvalue weighted by molar-refractivity contribution is 0.525. The fourth-order valence-corrected chi connectivity index (χ4v) is 0.911. The van der Waals surface area contributed by atoms with Crippen LogP contribution in [0.15, 0.2) is 0 Å². The van der Waals surface area contributed by atoms with Crippen LogP contribution in [-0.2, 0) is 0 Å². The lowest BCUT2D eigenvalue weighted by atomic mass is 10.0. The van der Waals surface area contributed by atoms with E-state index in [1.54, 1.807) is 0 Å². The fourth-order valence-electron chi connectivity index (χ4n) is 0.911. The summed E-state index contributed by atoms with van der Waals surface area (Å²) in [4.78, 5) is 0. The second-order valence-electron chi connectivity index (χ2n) is 2.80. The van der Waals surface area contributed by atoms with Crippen LogP contribution in [-0.4, -0.2) is 22.8 Å². The molecule has 1 aromatic heterocycles. The summed E-state index contributed by atoms with van der Waals surface area (Å²) in [5.41, 5.74) is 2.18. The molecule has 0 N–H and O–H groups in total. The summed E-state index contributed by atoms with van der Waals surface area (Å²) >= 11 is 0. The number of rotatable bonds is 1. The van der Waals surface area contributed by atoms with Crippen LogP contribution < -0.4 is 5.59 Å². The van der Waals surface area contributed by atoms with Crippen molar-refractivity contribution in [2.75, 3.05) is 0 Å². The van der Waals surface area contributed by atoms with Gasteiger partial charge in [-0.3, -0.25) is 4.68 Å². The van der Waals surface area contributed by atoms with Crippen molar-refractivity contribution in [3.8, 4) is 0 Å². The smallest absolute Gasteiger partial charge is 0.166 e. The highest BCUT2D eigenvalue weighted by Crippen LogP contribution is 1.97. The maximum atomic E-state index is 3.98. The third kappa shape index (κ3) is 1.06. The second kappa shape index (κ2) is 2.44. The van der Waals surface area contributed by atoms with Crippen LogP contribution in [0.4, 0.5) is 0 Å². The Hall–Kier alpha value is -0.795. The average Bonchev–Trinajstić information content (AvgIpc) is 2.14. The molecule has 4 heteroatoms. The van der Waals surface area contributed by atoms with E-state index in [0.29, 0.717) is 6.04 Å². The van der Waals surface area contributed by atoms with E-state index in [2.05, 4.69) is 24.2 Å². The first-order chi connectivity index (χ1) is 4.63. The molecule has 1 rings (SSSR count). The van der Waals surface area contributed by atoms with Gasteiger partial charge in [0.25, 0.3) is 0 Å². The SMILES string of the molecule is Bc1c(C)nnn1C(C)C. The zero-order valence-corrected chi connectivity index (χ0v) is 6.92. The van der Waals surface area contributed by atoms with Gasteiger partial charge in [0.05, 0.1) is 5.69 Å². The normalized spacial score (nSPS) is 10.8. The zero-order chi connectivity index (χ0) is 7.72. The maximum Gasteiger partial charge on any atom is 0.166 e. The number of nitrogens with zero attached hydrogens (tertiary/aromatic N) is 3. The van der Waals surface area contributed by atoms with Crippen molar-refractivity contribution < 1.29 is 0 Å². The van der Waals surface area contributed by atoms with Crippen molar-refractivity contribution in [2.45, 2.75) is 26.8 Å². The third-order valence-corrected chi connectivity index (χ3v) is 1.65. The van der Waals surface area contributed by atoms with Gasteiger partial charge in [-0.15, -0.1) is 5.10 Å². The van der Waals surface area contributed by atoms with E-state index in [1.165, 1.54) is 0 Å². The fraction of sp³-hybridized carbons (Fsp3) is 0.667. The van der Waals surface area contributed by atoms with Crippen molar-refractivity contribution in [3.05, 3.63) is 5.69 Å². The van der Waals surface area contributed by atoms with E-state index in [-0.39, 0.29) is 0 Å². The Morgan fingerprint density at radius 2 is 2.10 bits per heavy atom. The Kier molecular flexibility index (Phi) is 1.79. The van der Waals surface area contributed by atoms with Gasteiger partial charge in [0.15, 0.2) is 7.85 Å². The summed E-state index contributed by atoms with van der Waals surface area (Å²) in [6, 6.07) is 0.418. The Morgan fingerprint density at radius 3 is 2.30 bits per heavy atom. The van der Waals surface area contributed by atoms with Crippen molar-refractivity contribution in [3.63, 3.8) is 0 Å². The molecule has 3 nitrogen and oxygen atoms in total. The van der Waals surface area contributed by atoms with E-state index in [9.17, 15) is 0 Å². The van der Waals surface area contributed by atoms with Gasteiger partial charge in [-0.2, -0.15) is 0 Å². The molecule has 1 aromatic rings. The molecule has 0 fully saturated rings. The summed E-state index contributed by atoms with van der Waals surface area (Å²) in [7, 11) is 2.04. The average molecular weight is 137 g/mol. The van der Waals surface area contributed by atoms with Crippen LogP contribution in [0.2, 0.25) is 0 Å². The quantitative estimate of drug-likeness (QED) is 0.485. The van der Waals surface area contributed by atoms with Crippen LogP contribution in [0, 0.1) is 6.92 Å². The first kappa shape index (κ1) is 7.31. The van der Waals surface area contributed by atoms with Gasteiger partial charge < -0.3 is 0 Å². The van der Waals surface area contributed by atoms with E-state index in [4.69, 9.17) is 0 Å². The number of hydrogen-bond donors (Lipinski definition) is 0. The molecule has 0 saturated heterocycles. The first-order valence-electron chi connectivity index (χ1n) is 3.51.